The molecule has 0 aliphatic carbocycles. The molecule has 0 atom stereocenters. The summed E-state index contributed by atoms with van der Waals surface area (Å²) < 4.78 is 0. The molecule has 0 amide bonds. The van der Waals surface area contributed by atoms with Crippen molar-refractivity contribution in [2.24, 2.45) is 0 Å². The third-order valence-electron chi connectivity index (χ3n) is 1.80. The zero-order chi connectivity index (χ0) is 12.0. The number of benzene rings is 1. The fourth-order valence-corrected chi connectivity index (χ4v) is 1.59. The maximum Gasteiger partial charge on any atom is 0.170 e. The molecule has 0 aliphatic heterocycles. The monoisotopic (exact) mass is 278 g/mol. The largest absolute Gasteiger partial charge is 0.396 e. The molecule has 0 fully saturated rings. The van der Waals surface area contributed by atoms with Crippen LogP contribution in [0.25, 0.3) is 0 Å². The molecule has 6 heteroatoms. The first-order chi connectivity index (χ1) is 7.63. The van der Waals surface area contributed by atoms with Gasteiger partial charge < -0.3 is 15.7 Å². The van der Waals surface area contributed by atoms with Gasteiger partial charge in [0.2, 0.25) is 0 Å². The van der Waals surface area contributed by atoms with Gasteiger partial charge in [0.25, 0.3) is 0 Å². The Labute approximate surface area is 110 Å². The third kappa shape index (κ3) is 4.53. The zero-order valence-electron chi connectivity index (χ0n) is 8.46. The maximum absolute atomic E-state index is 8.61. The lowest BCUT2D eigenvalue weighted by atomic mass is 10.3. The van der Waals surface area contributed by atoms with E-state index in [-0.39, 0.29) is 6.61 Å². The van der Waals surface area contributed by atoms with E-state index in [1.807, 2.05) is 0 Å². The first kappa shape index (κ1) is 13.5. The number of rotatable bonds is 4. The van der Waals surface area contributed by atoms with Crippen LogP contribution < -0.4 is 10.6 Å². The molecule has 3 nitrogen and oxygen atoms in total. The molecule has 16 heavy (non-hydrogen) atoms. The van der Waals surface area contributed by atoms with Gasteiger partial charge >= 0.3 is 0 Å². The highest BCUT2D eigenvalue weighted by Crippen LogP contribution is 2.25. The molecule has 0 aromatic heterocycles. The van der Waals surface area contributed by atoms with E-state index >= 15 is 0 Å². The Hall–Kier alpha value is -0.550. The molecule has 88 valence electrons. The van der Waals surface area contributed by atoms with Crippen molar-refractivity contribution in [3.8, 4) is 0 Å². The van der Waals surface area contributed by atoms with Gasteiger partial charge in [-0.05, 0) is 36.8 Å². The second kappa shape index (κ2) is 6.91. The molecule has 0 heterocycles. The molecule has 0 aliphatic rings. The summed E-state index contributed by atoms with van der Waals surface area (Å²) >= 11 is 16.8. The maximum atomic E-state index is 8.61. The molecule has 1 rings (SSSR count). The van der Waals surface area contributed by atoms with Gasteiger partial charge in [0, 0.05) is 18.2 Å². The Kier molecular flexibility index (Phi) is 5.84. The van der Waals surface area contributed by atoms with Crippen molar-refractivity contribution >= 4 is 46.2 Å². The molecule has 1 aromatic rings. The Morgan fingerprint density at radius 1 is 1.38 bits per heavy atom. The second-order valence-corrected chi connectivity index (χ2v) is 4.33. The zero-order valence-corrected chi connectivity index (χ0v) is 10.8. The molecule has 0 unspecified atom stereocenters. The van der Waals surface area contributed by atoms with E-state index in [9.17, 15) is 0 Å². The minimum absolute atomic E-state index is 0.132. The molecule has 0 bridgehead atoms. The third-order valence-corrected chi connectivity index (χ3v) is 2.61. The molecule has 1 aromatic carbocycles. The van der Waals surface area contributed by atoms with Crippen molar-refractivity contribution in [1.82, 2.24) is 5.32 Å². The van der Waals surface area contributed by atoms with Crippen LogP contribution in [0.2, 0.25) is 10.0 Å². The van der Waals surface area contributed by atoms with E-state index in [4.69, 9.17) is 40.5 Å². The number of anilines is 1. The van der Waals surface area contributed by atoms with Crippen LogP contribution in [0.3, 0.4) is 0 Å². The van der Waals surface area contributed by atoms with Crippen LogP contribution in [0, 0.1) is 0 Å². The number of hydrogen-bond acceptors (Lipinski definition) is 2. The highest BCUT2D eigenvalue weighted by atomic mass is 35.5. The minimum atomic E-state index is 0.132. The van der Waals surface area contributed by atoms with Gasteiger partial charge in [-0.1, -0.05) is 23.2 Å². The summed E-state index contributed by atoms with van der Waals surface area (Å²) in [6, 6.07) is 5.10. The molecular weight excluding hydrogens is 267 g/mol. The smallest absolute Gasteiger partial charge is 0.170 e. The lowest BCUT2D eigenvalue weighted by Gasteiger charge is -2.11. The Morgan fingerprint density at radius 2 is 2.12 bits per heavy atom. The van der Waals surface area contributed by atoms with E-state index in [0.29, 0.717) is 33.8 Å². The SMILES string of the molecule is OCCCNC(=S)Nc1cc(Cl)ccc1Cl. The van der Waals surface area contributed by atoms with E-state index in [2.05, 4.69) is 10.6 Å². The van der Waals surface area contributed by atoms with Gasteiger partial charge in [-0.2, -0.15) is 0 Å². The summed E-state index contributed by atoms with van der Waals surface area (Å²) in [7, 11) is 0. The van der Waals surface area contributed by atoms with E-state index in [0.717, 1.165) is 0 Å². The van der Waals surface area contributed by atoms with Crippen molar-refractivity contribution in [1.29, 1.82) is 0 Å². The average Bonchev–Trinajstić information content (AvgIpc) is 2.24. The van der Waals surface area contributed by atoms with Crippen LogP contribution >= 0.6 is 35.4 Å². The number of nitrogens with one attached hydrogen (secondary N) is 2. The molecule has 0 radical (unpaired) electrons. The van der Waals surface area contributed by atoms with Crippen LogP contribution in [-0.2, 0) is 0 Å². The Balaban J connectivity index is 2.52. The van der Waals surface area contributed by atoms with Crippen molar-refractivity contribution in [2.45, 2.75) is 6.42 Å². The number of hydrogen-bond donors (Lipinski definition) is 3. The van der Waals surface area contributed by atoms with E-state index in [1.54, 1.807) is 18.2 Å². The first-order valence-corrected chi connectivity index (χ1v) is 5.90. The van der Waals surface area contributed by atoms with Crippen molar-refractivity contribution in [3.63, 3.8) is 0 Å². The number of thiocarbonyl (C=S) groups is 1. The molecule has 0 saturated carbocycles. The quantitative estimate of drug-likeness (QED) is 0.585. The second-order valence-electron chi connectivity index (χ2n) is 3.08. The van der Waals surface area contributed by atoms with Crippen molar-refractivity contribution in [2.75, 3.05) is 18.5 Å². The summed E-state index contributed by atoms with van der Waals surface area (Å²) in [5.41, 5.74) is 0.663. The van der Waals surface area contributed by atoms with Crippen LogP contribution in [0.1, 0.15) is 6.42 Å². The first-order valence-electron chi connectivity index (χ1n) is 4.74. The fourth-order valence-electron chi connectivity index (χ4n) is 1.04. The summed E-state index contributed by atoms with van der Waals surface area (Å²) in [5, 5.41) is 16.1. The van der Waals surface area contributed by atoms with Gasteiger partial charge in [0.05, 0.1) is 10.7 Å². The van der Waals surface area contributed by atoms with E-state index in [1.165, 1.54) is 0 Å². The van der Waals surface area contributed by atoms with E-state index < -0.39 is 0 Å². The molecule has 3 N–H and O–H groups in total. The lowest BCUT2D eigenvalue weighted by molar-refractivity contribution is 0.289. The summed E-state index contributed by atoms with van der Waals surface area (Å²) in [6.07, 6.45) is 0.644. The fraction of sp³-hybridized carbons (Fsp3) is 0.300. The van der Waals surface area contributed by atoms with Crippen LogP contribution in [0.5, 0.6) is 0 Å². The number of halogens is 2. The van der Waals surface area contributed by atoms with Gasteiger partial charge in [-0.15, -0.1) is 0 Å². The average molecular weight is 279 g/mol. The molecule has 0 saturated heterocycles. The lowest BCUT2D eigenvalue weighted by Crippen LogP contribution is -2.29. The topological polar surface area (TPSA) is 44.3 Å². The predicted molar refractivity (Wildman–Crippen MR) is 72.4 cm³/mol. The summed E-state index contributed by atoms with van der Waals surface area (Å²) in [5.74, 6) is 0. The predicted octanol–water partition coefficient (Wildman–Crippen LogP) is 2.66. The van der Waals surface area contributed by atoms with Crippen molar-refractivity contribution < 1.29 is 5.11 Å². The van der Waals surface area contributed by atoms with Gasteiger partial charge in [-0.3, -0.25) is 0 Å². The van der Waals surface area contributed by atoms with Gasteiger partial charge in [0.1, 0.15) is 0 Å². The van der Waals surface area contributed by atoms with Crippen LogP contribution in [-0.4, -0.2) is 23.4 Å². The minimum Gasteiger partial charge on any atom is -0.396 e. The highest BCUT2D eigenvalue weighted by molar-refractivity contribution is 7.80. The van der Waals surface area contributed by atoms with Gasteiger partial charge in [0.15, 0.2) is 5.11 Å². The van der Waals surface area contributed by atoms with Gasteiger partial charge in [-0.25, -0.2) is 0 Å². The van der Waals surface area contributed by atoms with Crippen LogP contribution in [0.15, 0.2) is 18.2 Å². The Morgan fingerprint density at radius 3 is 2.81 bits per heavy atom. The normalized spacial score (nSPS) is 9.94. The number of aliphatic hydroxyl groups is 1. The van der Waals surface area contributed by atoms with Crippen LogP contribution in [0.4, 0.5) is 5.69 Å². The molecular formula is C10H12Cl2N2OS. The molecule has 0 spiro atoms. The summed E-state index contributed by atoms with van der Waals surface area (Å²) in [6.45, 7) is 0.744. The number of aliphatic hydroxyl groups excluding tert-OH is 1. The van der Waals surface area contributed by atoms with Crippen molar-refractivity contribution in [3.05, 3.63) is 28.2 Å². The highest BCUT2D eigenvalue weighted by Gasteiger charge is 2.02. The summed E-state index contributed by atoms with van der Waals surface area (Å²) in [4.78, 5) is 0. The Bertz CT molecular complexity index is 374. The standard InChI is InChI=1S/C10H12Cl2N2OS/c11-7-2-3-8(12)9(6-7)14-10(16)13-4-1-5-15/h2-3,6,15H,1,4-5H2,(H2,13,14,16).